The van der Waals surface area contributed by atoms with Crippen LogP contribution >= 0.6 is 0 Å². The van der Waals surface area contributed by atoms with Crippen LogP contribution in [0.25, 0.3) is 0 Å². The van der Waals surface area contributed by atoms with Crippen LogP contribution < -0.4 is 10.2 Å². The number of carbonyl (C=O) groups excluding carboxylic acids is 1. The zero-order chi connectivity index (χ0) is 21.9. The summed E-state index contributed by atoms with van der Waals surface area (Å²) in [6.45, 7) is 2.64. The number of nitrogens with zero attached hydrogens (tertiary/aromatic N) is 3. The Balaban J connectivity index is 1.48. The Kier molecular flexibility index (Phi) is 7.28. The number of anilines is 1. The van der Waals surface area contributed by atoms with Crippen molar-refractivity contribution in [3.05, 3.63) is 29.8 Å². The highest BCUT2D eigenvalue weighted by molar-refractivity contribution is 7.81. The number of halogens is 3. The van der Waals surface area contributed by atoms with Gasteiger partial charge in [0.2, 0.25) is 0 Å². The molecule has 168 valence electrons. The van der Waals surface area contributed by atoms with Gasteiger partial charge in [0.15, 0.2) is 0 Å². The van der Waals surface area contributed by atoms with Crippen molar-refractivity contribution in [1.82, 2.24) is 14.5 Å². The van der Waals surface area contributed by atoms with Gasteiger partial charge in [-0.1, -0.05) is 10.3 Å². The molecule has 2 saturated heterocycles. The van der Waals surface area contributed by atoms with Crippen LogP contribution in [0.5, 0.6) is 0 Å². The van der Waals surface area contributed by atoms with Gasteiger partial charge in [0, 0.05) is 51.0 Å². The lowest BCUT2D eigenvalue weighted by molar-refractivity contribution is -0.137. The topological polar surface area (TPSA) is 55.9 Å². The standard InChI is InChI=1S/C20H29F3N4O2S/c1-25(17-8-12-27(13-9-17)30(2)29)19(28)24-16-6-10-26(11-7-16)18-5-3-4-15(14-18)20(21,22)23/h3-5,14,16-17H,6-13H2,1-2H3,(H,24,28)/p+1. The third-order valence-electron chi connectivity index (χ3n) is 6.07. The zero-order valence-corrected chi connectivity index (χ0v) is 18.3. The summed E-state index contributed by atoms with van der Waals surface area (Å²) in [5, 5.41) is 3.07. The van der Waals surface area contributed by atoms with Gasteiger partial charge in [-0.15, -0.1) is 4.31 Å². The SMILES string of the molecule is CN(C(=O)NC1CCN(c2cccc(C(F)(F)F)c2)CC1)C1CCN([SH+](C)=O)CC1. The fraction of sp³-hybridized carbons (Fsp3) is 0.650. The Bertz CT molecular complexity index is 761. The van der Waals surface area contributed by atoms with Crippen LogP contribution in [0.15, 0.2) is 24.3 Å². The van der Waals surface area contributed by atoms with Gasteiger partial charge in [0.1, 0.15) is 17.2 Å². The molecule has 0 saturated carbocycles. The van der Waals surface area contributed by atoms with E-state index in [4.69, 9.17) is 0 Å². The third-order valence-corrected chi connectivity index (χ3v) is 7.27. The highest BCUT2D eigenvalue weighted by Gasteiger charge is 2.32. The van der Waals surface area contributed by atoms with Crippen LogP contribution in [-0.4, -0.2) is 66.8 Å². The number of thiol groups is 1. The summed E-state index contributed by atoms with van der Waals surface area (Å²) in [6.07, 6.45) is 0.322. The summed E-state index contributed by atoms with van der Waals surface area (Å²) in [7, 11) is 0.470. The van der Waals surface area contributed by atoms with Gasteiger partial charge in [-0.2, -0.15) is 13.2 Å². The number of carbonyl (C=O) groups is 1. The molecule has 2 fully saturated rings. The average molecular weight is 448 g/mol. The molecule has 1 N–H and O–H groups in total. The van der Waals surface area contributed by atoms with Crippen molar-refractivity contribution in [2.75, 3.05) is 44.4 Å². The van der Waals surface area contributed by atoms with E-state index in [-0.39, 0.29) is 18.1 Å². The van der Waals surface area contributed by atoms with Crippen molar-refractivity contribution < 1.29 is 22.2 Å². The summed E-state index contributed by atoms with van der Waals surface area (Å²) in [5.41, 5.74) is -0.0801. The van der Waals surface area contributed by atoms with Gasteiger partial charge < -0.3 is 15.1 Å². The maximum absolute atomic E-state index is 12.9. The predicted molar refractivity (Wildman–Crippen MR) is 113 cm³/mol. The van der Waals surface area contributed by atoms with Crippen LogP contribution in [-0.2, 0) is 21.4 Å². The van der Waals surface area contributed by atoms with E-state index < -0.39 is 22.7 Å². The number of rotatable bonds is 4. The summed E-state index contributed by atoms with van der Waals surface area (Å²) in [4.78, 5) is 16.3. The normalized spacial score (nSPS) is 20.8. The highest BCUT2D eigenvalue weighted by Crippen LogP contribution is 2.32. The average Bonchev–Trinajstić information content (AvgIpc) is 2.73. The van der Waals surface area contributed by atoms with E-state index in [1.54, 1.807) is 24.3 Å². The number of nitrogens with one attached hydrogen (secondary N) is 1. The number of benzene rings is 1. The molecule has 2 heterocycles. The first-order valence-electron chi connectivity index (χ1n) is 10.3. The Morgan fingerprint density at radius 2 is 1.77 bits per heavy atom. The van der Waals surface area contributed by atoms with Crippen LogP contribution in [0.2, 0.25) is 0 Å². The Morgan fingerprint density at radius 1 is 1.13 bits per heavy atom. The molecule has 1 aromatic carbocycles. The van der Waals surface area contributed by atoms with E-state index in [0.717, 1.165) is 32.0 Å². The van der Waals surface area contributed by atoms with E-state index in [2.05, 4.69) is 5.32 Å². The third kappa shape index (κ3) is 5.66. The van der Waals surface area contributed by atoms with Crippen molar-refractivity contribution >= 4 is 22.7 Å². The molecule has 0 aromatic heterocycles. The second-order valence-electron chi connectivity index (χ2n) is 8.02. The number of alkyl halides is 3. The maximum Gasteiger partial charge on any atom is 0.416 e. The molecule has 2 aliphatic rings. The van der Waals surface area contributed by atoms with E-state index in [1.165, 1.54) is 12.1 Å². The molecule has 0 bridgehead atoms. The lowest BCUT2D eigenvalue weighted by Gasteiger charge is -2.37. The number of piperidine rings is 2. The smallest absolute Gasteiger partial charge is 0.371 e. The van der Waals surface area contributed by atoms with E-state index in [1.807, 2.05) is 9.21 Å². The number of hydrogen-bond acceptors (Lipinski definition) is 3. The number of hydrogen-bond donors (Lipinski definition) is 1. The van der Waals surface area contributed by atoms with Crippen LogP contribution in [0.1, 0.15) is 31.2 Å². The van der Waals surface area contributed by atoms with Gasteiger partial charge in [0.05, 0.1) is 5.56 Å². The fourth-order valence-electron chi connectivity index (χ4n) is 4.12. The molecule has 1 unspecified atom stereocenters. The molecule has 0 radical (unpaired) electrons. The molecule has 0 aliphatic carbocycles. The number of amides is 2. The minimum atomic E-state index is -4.35. The van der Waals surface area contributed by atoms with Gasteiger partial charge in [-0.05, 0) is 43.9 Å². The molecule has 10 heteroatoms. The first-order valence-corrected chi connectivity index (χ1v) is 11.9. The second-order valence-corrected chi connectivity index (χ2v) is 9.51. The summed E-state index contributed by atoms with van der Waals surface area (Å²) in [6, 6.07) is 5.40. The van der Waals surface area contributed by atoms with Gasteiger partial charge in [-0.3, -0.25) is 0 Å². The van der Waals surface area contributed by atoms with E-state index in [9.17, 15) is 22.2 Å². The van der Waals surface area contributed by atoms with Crippen molar-refractivity contribution in [2.45, 2.75) is 43.9 Å². The Hall–Kier alpha value is -1.81. The summed E-state index contributed by atoms with van der Waals surface area (Å²) < 4.78 is 52.4. The minimum Gasteiger partial charge on any atom is -0.371 e. The first-order chi connectivity index (χ1) is 14.1. The van der Waals surface area contributed by atoms with Crippen LogP contribution in [0.4, 0.5) is 23.7 Å². The lowest BCUT2D eigenvalue weighted by Crippen LogP contribution is -2.52. The van der Waals surface area contributed by atoms with E-state index >= 15 is 0 Å². The summed E-state index contributed by atoms with van der Waals surface area (Å²) >= 11 is 0. The van der Waals surface area contributed by atoms with Gasteiger partial charge >= 0.3 is 12.2 Å². The molecule has 1 atom stereocenters. The van der Waals surface area contributed by atoms with Crippen LogP contribution in [0.3, 0.4) is 0 Å². The predicted octanol–water partition coefficient (Wildman–Crippen LogP) is 3.02. The molecular formula is C20H30F3N4O2S+. The summed E-state index contributed by atoms with van der Waals surface area (Å²) in [5.74, 6) is 0. The fourth-order valence-corrected chi connectivity index (χ4v) is 4.92. The highest BCUT2D eigenvalue weighted by atomic mass is 32.2. The molecule has 2 amide bonds. The maximum atomic E-state index is 12.9. The monoisotopic (exact) mass is 447 g/mol. The molecule has 0 spiro atoms. The Labute approximate surface area is 178 Å². The Morgan fingerprint density at radius 3 is 2.33 bits per heavy atom. The first kappa shape index (κ1) is 22.9. The molecular weight excluding hydrogens is 417 g/mol. The molecule has 1 aromatic rings. The molecule has 3 rings (SSSR count). The molecule has 6 nitrogen and oxygen atoms in total. The minimum absolute atomic E-state index is 0.00667. The largest absolute Gasteiger partial charge is 0.416 e. The van der Waals surface area contributed by atoms with Crippen molar-refractivity contribution in [2.24, 2.45) is 0 Å². The molecule has 2 aliphatic heterocycles. The van der Waals surface area contributed by atoms with E-state index in [0.29, 0.717) is 31.6 Å². The van der Waals surface area contributed by atoms with Crippen LogP contribution in [0, 0.1) is 0 Å². The van der Waals surface area contributed by atoms with Gasteiger partial charge in [-0.25, -0.2) is 4.79 Å². The van der Waals surface area contributed by atoms with Crippen molar-refractivity contribution in [3.63, 3.8) is 0 Å². The number of urea groups is 1. The van der Waals surface area contributed by atoms with Crippen molar-refractivity contribution in [3.8, 4) is 0 Å². The molecule has 30 heavy (non-hydrogen) atoms. The lowest BCUT2D eigenvalue weighted by atomic mass is 10.0. The van der Waals surface area contributed by atoms with Gasteiger partial charge in [0.25, 0.3) is 0 Å². The second kappa shape index (κ2) is 9.55. The zero-order valence-electron chi connectivity index (χ0n) is 17.4. The quantitative estimate of drug-likeness (QED) is 0.570. The van der Waals surface area contributed by atoms with Crippen molar-refractivity contribution in [1.29, 1.82) is 0 Å².